The van der Waals surface area contributed by atoms with Gasteiger partial charge in [-0.2, -0.15) is 0 Å². The van der Waals surface area contributed by atoms with Gasteiger partial charge in [0.25, 0.3) is 0 Å². The molecule has 0 aliphatic rings. The largest absolute Gasteiger partial charge is 0.411 e. The normalized spacial score (nSPS) is 15.6. The van der Waals surface area contributed by atoms with Crippen molar-refractivity contribution in [3.05, 3.63) is 22.3 Å². The second kappa shape index (κ2) is 7.85. The van der Waals surface area contributed by atoms with Crippen LogP contribution in [-0.4, -0.2) is 14.4 Å². The first-order valence-electron chi connectivity index (χ1n) is 6.70. The standard InChI is InChI=1S/C15H29IOSi/c1-8-14(11-9-10-13(2)12-16)17-18(6,7)15(3,4)5/h8,12,14H,1,9-11H2,2-7H3/b13-12+. The van der Waals surface area contributed by atoms with Gasteiger partial charge in [-0.15, -0.1) is 6.58 Å². The molecular formula is C15H29IOSi. The highest BCUT2D eigenvalue weighted by molar-refractivity contribution is 14.1. The van der Waals surface area contributed by atoms with Gasteiger partial charge >= 0.3 is 0 Å². The van der Waals surface area contributed by atoms with E-state index in [1.807, 2.05) is 6.08 Å². The first-order chi connectivity index (χ1) is 8.14. The fourth-order valence-electron chi connectivity index (χ4n) is 1.42. The van der Waals surface area contributed by atoms with Crippen molar-refractivity contribution in [3.63, 3.8) is 0 Å². The van der Waals surface area contributed by atoms with Gasteiger partial charge in [0, 0.05) is 0 Å². The van der Waals surface area contributed by atoms with Crippen molar-refractivity contribution >= 4 is 30.9 Å². The van der Waals surface area contributed by atoms with Crippen LogP contribution in [-0.2, 0) is 4.43 Å². The molecule has 0 radical (unpaired) electrons. The van der Waals surface area contributed by atoms with Gasteiger partial charge in [0.1, 0.15) is 0 Å². The molecule has 1 atom stereocenters. The van der Waals surface area contributed by atoms with E-state index >= 15 is 0 Å². The summed E-state index contributed by atoms with van der Waals surface area (Å²) in [6.07, 6.45) is 5.61. The lowest BCUT2D eigenvalue weighted by Gasteiger charge is -2.38. The van der Waals surface area contributed by atoms with Crippen molar-refractivity contribution in [3.8, 4) is 0 Å². The molecule has 0 aromatic heterocycles. The molecule has 0 heterocycles. The summed E-state index contributed by atoms with van der Waals surface area (Å²) >= 11 is 2.31. The highest BCUT2D eigenvalue weighted by Crippen LogP contribution is 2.37. The number of hydrogen-bond donors (Lipinski definition) is 0. The second-order valence-corrected chi connectivity index (χ2v) is 11.9. The van der Waals surface area contributed by atoms with E-state index in [0.717, 1.165) is 12.8 Å². The van der Waals surface area contributed by atoms with Crippen molar-refractivity contribution in [1.82, 2.24) is 0 Å². The molecule has 0 fully saturated rings. The maximum absolute atomic E-state index is 6.37. The lowest BCUT2D eigenvalue weighted by molar-refractivity contribution is 0.212. The summed E-state index contributed by atoms with van der Waals surface area (Å²) in [6, 6.07) is 0. The molecular weight excluding hydrogens is 351 g/mol. The van der Waals surface area contributed by atoms with Crippen molar-refractivity contribution in [2.24, 2.45) is 0 Å². The average Bonchev–Trinajstić information content (AvgIpc) is 2.25. The predicted octanol–water partition coefficient (Wildman–Crippen LogP) is 6.07. The average molecular weight is 380 g/mol. The predicted molar refractivity (Wildman–Crippen MR) is 93.9 cm³/mol. The van der Waals surface area contributed by atoms with E-state index in [1.54, 1.807) is 0 Å². The zero-order valence-corrected chi connectivity index (χ0v) is 16.0. The third-order valence-electron chi connectivity index (χ3n) is 3.76. The summed E-state index contributed by atoms with van der Waals surface area (Å²) in [4.78, 5) is 0. The van der Waals surface area contributed by atoms with Crippen LogP contribution in [0.1, 0.15) is 47.0 Å². The number of allylic oxidation sites excluding steroid dienone is 1. The minimum Gasteiger partial charge on any atom is -0.411 e. The van der Waals surface area contributed by atoms with E-state index < -0.39 is 8.32 Å². The Morgan fingerprint density at radius 3 is 2.33 bits per heavy atom. The highest BCUT2D eigenvalue weighted by atomic mass is 127. The zero-order valence-electron chi connectivity index (χ0n) is 12.8. The van der Waals surface area contributed by atoms with Crippen molar-refractivity contribution < 1.29 is 4.43 Å². The fourth-order valence-corrected chi connectivity index (χ4v) is 3.05. The number of hydrogen-bond acceptors (Lipinski definition) is 1. The van der Waals surface area contributed by atoms with E-state index in [-0.39, 0.29) is 11.1 Å². The van der Waals surface area contributed by atoms with Crippen LogP contribution in [0, 0.1) is 0 Å². The van der Waals surface area contributed by atoms with Crippen molar-refractivity contribution in [1.29, 1.82) is 0 Å². The van der Waals surface area contributed by atoms with Gasteiger partial charge in [-0.05, 0) is 48.4 Å². The Hall–Kier alpha value is 0.387. The third-order valence-corrected chi connectivity index (χ3v) is 9.33. The van der Waals surface area contributed by atoms with Crippen LogP contribution >= 0.6 is 22.6 Å². The molecule has 0 amide bonds. The van der Waals surface area contributed by atoms with Crippen LogP contribution in [0.3, 0.4) is 0 Å². The molecule has 1 nitrogen and oxygen atoms in total. The molecule has 0 aliphatic heterocycles. The Labute approximate surface area is 128 Å². The van der Waals surface area contributed by atoms with Crippen molar-refractivity contribution in [2.75, 3.05) is 0 Å². The maximum Gasteiger partial charge on any atom is 0.192 e. The summed E-state index contributed by atoms with van der Waals surface area (Å²) < 4.78 is 8.53. The third kappa shape index (κ3) is 6.52. The topological polar surface area (TPSA) is 9.23 Å². The second-order valence-electron chi connectivity index (χ2n) is 6.50. The van der Waals surface area contributed by atoms with E-state index in [1.165, 1.54) is 12.0 Å². The maximum atomic E-state index is 6.37. The van der Waals surface area contributed by atoms with E-state index in [0.29, 0.717) is 0 Å². The zero-order chi connectivity index (χ0) is 14.4. The van der Waals surface area contributed by atoms with Crippen LogP contribution in [0.15, 0.2) is 22.3 Å². The van der Waals surface area contributed by atoms with E-state index in [9.17, 15) is 0 Å². The van der Waals surface area contributed by atoms with Crippen LogP contribution in [0.25, 0.3) is 0 Å². The Bertz CT molecular complexity index is 289. The molecule has 0 N–H and O–H groups in total. The Kier molecular flexibility index (Phi) is 8.02. The minimum absolute atomic E-state index is 0.216. The van der Waals surface area contributed by atoms with Gasteiger partial charge in [-0.1, -0.05) is 55.0 Å². The quantitative estimate of drug-likeness (QED) is 0.296. The summed E-state index contributed by atoms with van der Waals surface area (Å²) in [5, 5.41) is 0.270. The summed E-state index contributed by atoms with van der Waals surface area (Å²) in [6.45, 7) is 17.6. The summed E-state index contributed by atoms with van der Waals surface area (Å²) in [5.74, 6) is 0. The first kappa shape index (κ1) is 18.4. The summed E-state index contributed by atoms with van der Waals surface area (Å²) in [5.41, 5.74) is 1.45. The molecule has 3 heteroatoms. The van der Waals surface area contributed by atoms with Gasteiger partial charge in [-0.25, -0.2) is 0 Å². The number of halogens is 1. The minimum atomic E-state index is -1.66. The molecule has 0 spiro atoms. The fraction of sp³-hybridized carbons (Fsp3) is 0.733. The van der Waals surface area contributed by atoms with Gasteiger partial charge in [0.15, 0.2) is 8.32 Å². The molecule has 0 rings (SSSR count). The SMILES string of the molecule is C=CC(CCC/C(C)=C/I)O[Si](C)(C)C(C)(C)C. The van der Waals surface area contributed by atoms with Crippen LogP contribution in [0.2, 0.25) is 18.1 Å². The highest BCUT2D eigenvalue weighted by Gasteiger charge is 2.38. The van der Waals surface area contributed by atoms with Gasteiger partial charge < -0.3 is 4.43 Å². The van der Waals surface area contributed by atoms with E-state index in [2.05, 4.69) is 74.0 Å². The molecule has 0 aromatic carbocycles. The van der Waals surface area contributed by atoms with Crippen LogP contribution in [0.4, 0.5) is 0 Å². The van der Waals surface area contributed by atoms with E-state index in [4.69, 9.17) is 4.43 Å². The van der Waals surface area contributed by atoms with Gasteiger partial charge in [0.2, 0.25) is 0 Å². The molecule has 0 saturated carbocycles. The molecule has 0 aliphatic carbocycles. The Morgan fingerprint density at radius 1 is 1.39 bits per heavy atom. The molecule has 0 bridgehead atoms. The van der Waals surface area contributed by atoms with Gasteiger partial charge in [-0.3, -0.25) is 0 Å². The first-order valence-corrected chi connectivity index (χ1v) is 10.9. The van der Waals surface area contributed by atoms with Crippen molar-refractivity contribution in [2.45, 2.75) is 71.2 Å². The molecule has 18 heavy (non-hydrogen) atoms. The molecule has 0 aromatic rings. The molecule has 0 saturated heterocycles. The molecule has 1 unspecified atom stereocenters. The van der Waals surface area contributed by atoms with Crippen LogP contribution < -0.4 is 0 Å². The van der Waals surface area contributed by atoms with Crippen LogP contribution in [0.5, 0.6) is 0 Å². The lowest BCUT2D eigenvalue weighted by Crippen LogP contribution is -2.43. The molecule has 106 valence electrons. The lowest BCUT2D eigenvalue weighted by atomic mass is 10.1. The summed E-state index contributed by atoms with van der Waals surface area (Å²) in [7, 11) is -1.66. The van der Waals surface area contributed by atoms with Gasteiger partial charge in [0.05, 0.1) is 6.10 Å². The monoisotopic (exact) mass is 380 g/mol. The number of rotatable bonds is 7. The Morgan fingerprint density at radius 2 is 1.94 bits per heavy atom. The Balaban J connectivity index is 4.32. The smallest absolute Gasteiger partial charge is 0.192 e.